The highest BCUT2D eigenvalue weighted by Crippen LogP contribution is 2.48. The monoisotopic (exact) mass is 457 g/mol. The lowest BCUT2D eigenvalue weighted by molar-refractivity contribution is -0.190. The fraction of sp³-hybridized carbons (Fsp3) is 0.667. The number of aliphatic hydroxyl groups excluding tert-OH is 1. The summed E-state index contributed by atoms with van der Waals surface area (Å²) in [6.07, 6.45) is 9.87. The maximum atomic E-state index is 11.4. The summed E-state index contributed by atoms with van der Waals surface area (Å²) >= 11 is 1.72. The van der Waals surface area contributed by atoms with Gasteiger partial charge in [0.25, 0.3) is 0 Å². The summed E-state index contributed by atoms with van der Waals surface area (Å²) in [5, 5.41) is 11.2. The molecule has 5 heterocycles. The van der Waals surface area contributed by atoms with Crippen molar-refractivity contribution in [2.24, 2.45) is 5.73 Å². The molecular weight excluding hydrogens is 426 g/mol. The topological polar surface area (TPSA) is 97.9 Å². The minimum Gasteiger partial charge on any atom is -0.490 e. The van der Waals surface area contributed by atoms with E-state index in [0.717, 1.165) is 54.7 Å². The van der Waals surface area contributed by atoms with E-state index in [9.17, 15) is 9.90 Å². The molecule has 2 aliphatic carbocycles. The van der Waals surface area contributed by atoms with E-state index >= 15 is 0 Å². The number of primary amides is 1. The molecule has 1 saturated carbocycles. The van der Waals surface area contributed by atoms with Crippen molar-refractivity contribution in [3.63, 3.8) is 0 Å². The molecule has 5 aliphatic rings. The van der Waals surface area contributed by atoms with Gasteiger partial charge in [0.1, 0.15) is 16.7 Å². The Morgan fingerprint density at radius 3 is 2.75 bits per heavy atom. The Kier molecular flexibility index (Phi) is 5.36. The van der Waals surface area contributed by atoms with Gasteiger partial charge in [0.2, 0.25) is 5.91 Å². The fourth-order valence-corrected chi connectivity index (χ4v) is 7.50. The predicted molar refractivity (Wildman–Crippen MR) is 122 cm³/mol. The number of hydrogen-bond acceptors (Lipinski definition) is 7. The zero-order chi connectivity index (χ0) is 21.8. The third-order valence-electron chi connectivity index (χ3n) is 7.87. The summed E-state index contributed by atoms with van der Waals surface area (Å²) in [6, 6.07) is 2.64. The Bertz CT molecular complexity index is 1000. The predicted octanol–water partition coefficient (Wildman–Crippen LogP) is 2.73. The van der Waals surface area contributed by atoms with Crippen LogP contribution in [-0.2, 0) is 16.0 Å². The molecule has 0 unspecified atom stereocenters. The third-order valence-corrected chi connectivity index (χ3v) is 9.05. The lowest BCUT2D eigenvalue weighted by atomic mass is 9.88. The lowest BCUT2D eigenvalue weighted by Crippen LogP contribution is -2.60. The van der Waals surface area contributed by atoms with Crippen molar-refractivity contribution in [3.05, 3.63) is 22.7 Å². The van der Waals surface area contributed by atoms with E-state index in [1.807, 2.05) is 12.3 Å². The highest BCUT2D eigenvalue weighted by molar-refractivity contribution is 7.19. The lowest BCUT2D eigenvalue weighted by Gasteiger charge is -2.50. The van der Waals surface area contributed by atoms with E-state index < -0.39 is 12.0 Å². The van der Waals surface area contributed by atoms with E-state index in [4.69, 9.17) is 15.2 Å². The van der Waals surface area contributed by atoms with E-state index in [2.05, 4.69) is 9.88 Å². The number of aromatic nitrogens is 1. The van der Waals surface area contributed by atoms with Gasteiger partial charge in [-0.2, -0.15) is 0 Å². The molecule has 0 radical (unpaired) electrons. The number of carbonyl (C=O) groups is 1. The molecule has 2 bridgehead atoms. The standard InChI is InChI=1S/C24H31N3O4S/c25-23(29)18(28)9-13-1-6-20-21(13)22-19(7-8-26-24(22)32-20)31-15-4-2-14(3-5-15)27-11-16-10-17(12-27)30-16/h7-8,13-18,28H,1-6,9-12H2,(H2,25,29)/t13-,14-,15-,16-,17+,18+/m1/s1. The summed E-state index contributed by atoms with van der Waals surface area (Å²) in [7, 11) is 0. The summed E-state index contributed by atoms with van der Waals surface area (Å²) in [5.74, 6) is 0.377. The van der Waals surface area contributed by atoms with Gasteiger partial charge in [0.15, 0.2) is 0 Å². The third kappa shape index (κ3) is 3.71. The molecule has 4 fully saturated rings. The van der Waals surface area contributed by atoms with Crippen molar-refractivity contribution in [1.82, 2.24) is 9.88 Å². The average molecular weight is 458 g/mol. The Labute approximate surface area is 191 Å². The Morgan fingerprint density at radius 2 is 2.03 bits per heavy atom. The number of piperidine rings is 1. The number of aryl methyl sites for hydroxylation is 1. The number of thiophene rings is 1. The average Bonchev–Trinajstić information content (AvgIpc) is 3.34. The molecule has 8 heteroatoms. The van der Waals surface area contributed by atoms with Crippen LogP contribution < -0.4 is 10.5 Å². The molecule has 3 N–H and O–H groups in total. The SMILES string of the molecule is NC(=O)[C@@H](O)C[C@H]1CCc2sc3nccc(O[C@H]4CC[C@H](N5C[C@H]6C[C@@H](C5)O6)CC4)c3c21. The molecule has 0 spiro atoms. The second-order valence-corrected chi connectivity index (χ2v) is 11.0. The summed E-state index contributed by atoms with van der Waals surface area (Å²) in [6.45, 7) is 2.19. The molecule has 7 nitrogen and oxygen atoms in total. The fourth-order valence-electron chi connectivity index (χ4n) is 6.24. The number of amides is 1. The number of nitrogens with two attached hydrogens (primary N) is 1. The number of nitrogens with zero attached hydrogens (tertiary/aromatic N) is 2. The van der Waals surface area contributed by atoms with E-state index in [1.165, 1.54) is 29.7 Å². The zero-order valence-electron chi connectivity index (χ0n) is 18.2. The van der Waals surface area contributed by atoms with Crippen LogP contribution in [0, 0.1) is 0 Å². The molecule has 172 valence electrons. The van der Waals surface area contributed by atoms with Crippen molar-refractivity contribution >= 4 is 27.5 Å². The van der Waals surface area contributed by atoms with Gasteiger partial charge in [0.05, 0.1) is 23.7 Å². The molecule has 4 atom stereocenters. The molecule has 3 aliphatic heterocycles. The highest BCUT2D eigenvalue weighted by Gasteiger charge is 2.41. The smallest absolute Gasteiger partial charge is 0.246 e. The van der Waals surface area contributed by atoms with Crippen LogP contribution in [0.2, 0.25) is 0 Å². The van der Waals surface area contributed by atoms with Crippen LogP contribution in [-0.4, -0.2) is 64.4 Å². The van der Waals surface area contributed by atoms with Gasteiger partial charge < -0.3 is 20.3 Å². The summed E-state index contributed by atoms with van der Waals surface area (Å²) in [5.41, 5.74) is 6.53. The zero-order valence-corrected chi connectivity index (χ0v) is 19.1. The molecular formula is C24H31N3O4S. The van der Waals surface area contributed by atoms with Crippen LogP contribution in [0.3, 0.4) is 0 Å². The van der Waals surface area contributed by atoms with Crippen LogP contribution in [0.15, 0.2) is 12.3 Å². The van der Waals surface area contributed by atoms with Gasteiger partial charge in [-0.15, -0.1) is 11.3 Å². The minimum absolute atomic E-state index is 0.122. The Hall–Kier alpha value is -1.74. The van der Waals surface area contributed by atoms with E-state index in [0.29, 0.717) is 24.7 Å². The van der Waals surface area contributed by atoms with Crippen LogP contribution in [0.4, 0.5) is 0 Å². The van der Waals surface area contributed by atoms with Gasteiger partial charge in [-0.1, -0.05) is 0 Å². The number of morpholine rings is 1. The maximum absolute atomic E-state index is 11.4. The number of hydrogen-bond donors (Lipinski definition) is 2. The van der Waals surface area contributed by atoms with E-state index in [1.54, 1.807) is 11.3 Å². The van der Waals surface area contributed by atoms with Gasteiger partial charge in [-0.25, -0.2) is 4.98 Å². The van der Waals surface area contributed by atoms with Crippen molar-refractivity contribution in [2.45, 2.75) is 87.7 Å². The van der Waals surface area contributed by atoms with Crippen LogP contribution in [0.5, 0.6) is 5.75 Å². The first-order chi connectivity index (χ1) is 15.5. The molecule has 0 aromatic carbocycles. The van der Waals surface area contributed by atoms with E-state index in [-0.39, 0.29) is 12.0 Å². The van der Waals surface area contributed by atoms with Crippen LogP contribution in [0.1, 0.15) is 61.3 Å². The van der Waals surface area contributed by atoms with Crippen LogP contribution in [0.25, 0.3) is 10.2 Å². The molecule has 1 amide bonds. The molecule has 32 heavy (non-hydrogen) atoms. The second-order valence-electron chi connectivity index (χ2n) is 9.94. The number of rotatable bonds is 6. The highest BCUT2D eigenvalue weighted by atomic mass is 32.1. The first-order valence-electron chi connectivity index (χ1n) is 12.0. The second kappa shape index (κ2) is 8.24. The van der Waals surface area contributed by atoms with Gasteiger partial charge in [-0.3, -0.25) is 9.69 Å². The minimum atomic E-state index is -1.11. The van der Waals surface area contributed by atoms with Crippen molar-refractivity contribution in [3.8, 4) is 5.75 Å². The van der Waals surface area contributed by atoms with Crippen molar-refractivity contribution < 1.29 is 19.4 Å². The largest absolute Gasteiger partial charge is 0.490 e. The number of carbonyl (C=O) groups excluding carboxylic acids is 1. The van der Waals surface area contributed by atoms with Gasteiger partial charge in [0, 0.05) is 36.6 Å². The molecule has 2 aromatic heterocycles. The summed E-state index contributed by atoms with van der Waals surface area (Å²) < 4.78 is 12.4. The van der Waals surface area contributed by atoms with Crippen molar-refractivity contribution in [1.29, 1.82) is 0 Å². The first kappa shape index (κ1) is 20.8. The van der Waals surface area contributed by atoms with Crippen molar-refractivity contribution in [2.75, 3.05) is 13.1 Å². The molecule has 7 rings (SSSR count). The molecule has 2 aromatic rings. The van der Waals surface area contributed by atoms with Gasteiger partial charge >= 0.3 is 0 Å². The number of fused-ring (bicyclic) bond motifs is 5. The quantitative estimate of drug-likeness (QED) is 0.692. The summed E-state index contributed by atoms with van der Waals surface area (Å²) in [4.78, 5) is 21.0. The Morgan fingerprint density at radius 1 is 1.28 bits per heavy atom. The normalized spacial score (nSPS) is 33.0. The number of ether oxygens (including phenoxy) is 2. The number of aliphatic hydroxyl groups is 1. The first-order valence-corrected chi connectivity index (χ1v) is 12.8. The number of pyridine rings is 1. The van der Waals surface area contributed by atoms with Gasteiger partial charge in [-0.05, 0) is 62.5 Å². The molecule has 3 saturated heterocycles. The maximum Gasteiger partial charge on any atom is 0.246 e. The van der Waals surface area contributed by atoms with Crippen LogP contribution >= 0.6 is 11.3 Å². The Balaban J connectivity index is 1.17.